The van der Waals surface area contributed by atoms with Crippen LogP contribution in [0.2, 0.25) is 0 Å². The number of nitrogens with one attached hydrogen (secondary N) is 1. The van der Waals surface area contributed by atoms with Crippen LogP contribution < -0.4 is 10.1 Å². The van der Waals surface area contributed by atoms with E-state index in [0.29, 0.717) is 13.2 Å². The van der Waals surface area contributed by atoms with Crippen molar-refractivity contribution in [3.63, 3.8) is 0 Å². The molecule has 0 spiro atoms. The molecule has 1 unspecified atom stereocenters. The van der Waals surface area contributed by atoms with E-state index >= 15 is 0 Å². The molecule has 118 valence electrons. The third kappa shape index (κ3) is 4.70. The number of rotatable bonds is 5. The van der Waals surface area contributed by atoms with Gasteiger partial charge in [-0.3, -0.25) is 0 Å². The Morgan fingerprint density at radius 2 is 1.76 bits per heavy atom. The molecule has 0 amide bonds. The second kappa shape index (κ2) is 6.77. The molecule has 2 rings (SSSR count). The topological polar surface area (TPSA) is 39.7 Å². The summed E-state index contributed by atoms with van der Waals surface area (Å²) in [6.45, 7) is 11.4. The fraction of sp³-hybridized carbons (Fsp3) is 0.647. The summed E-state index contributed by atoms with van der Waals surface area (Å²) in [6, 6.07) is 8.54. The molecule has 4 nitrogen and oxygen atoms in total. The highest BCUT2D eigenvalue weighted by Gasteiger charge is 2.29. The zero-order valence-corrected chi connectivity index (χ0v) is 13.7. The zero-order valence-electron chi connectivity index (χ0n) is 13.7. The van der Waals surface area contributed by atoms with E-state index in [1.165, 1.54) is 0 Å². The van der Waals surface area contributed by atoms with Crippen LogP contribution in [0, 0.1) is 0 Å². The van der Waals surface area contributed by atoms with Crippen molar-refractivity contribution in [2.24, 2.45) is 0 Å². The average Bonchev–Trinajstić information content (AvgIpc) is 2.41. The van der Waals surface area contributed by atoms with Crippen molar-refractivity contribution >= 4 is 0 Å². The second-order valence-corrected chi connectivity index (χ2v) is 6.31. The molecule has 1 aromatic rings. The summed E-state index contributed by atoms with van der Waals surface area (Å²) in [5, 5.41) is 3.56. The predicted octanol–water partition coefficient (Wildman–Crippen LogP) is 3.28. The van der Waals surface area contributed by atoms with Gasteiger partial charge in [0.05, 0.1) is 25.4 Å². The van der Waals surface area contributed by atoms with Crippen LogP contribution in [0.15, 0.2) is 24.3 Å². The number of para-hydroxylation sites is 1. The molecular formula is C17H27NO3. The summed E-state index contributed by atoms with van der Waals surface area (Å²) in [4.78, 5) is 0. The first-order valence-corrected chi connectivity index (χ1v) is 7.67. The Morgan fingerprint density at radius 3 is 2.38 bits per heavy atom. The lowest BCUT2D eigenvalue weighted by Gasteiger charge is -2.36. The summed E-state index contributed by atoms with van der Waals surface area (Å²) in [7, 11) is 0. The molecule has 1 saturated heterocycles. The van der Waals surface area contributed by atoms with Crippen molar-refractivity contribution < 1.29 is 14.2 Å². The summed E-state index contributed by atoms with van der Waals surface area (Å²) < 4.78 is 17.3. The first kappa shape index (κ1) is 16.3. The largest absolute Gasteiger partial charge is 0.491 e. The molecule has 0 aliphatic carbocycles. The Morgan fingerprint density at radius 1 is 1.14 bits per heavy atom. The molecule has 21 heavy (non-hydrogen) atoms. The third-order valence-corrected chi connectivity index (χ3v) is 3.50. The van der Waals surface area contributed by atoms with Gasteiger partial charge >= 0.3 is 0 Å². The predicted molar refractivity (Wildman–Crippen MR) is 83.5 cm³/mol. The minimum Gasteiger partial charge on any atom is -0.491 e. The Kier molecular flexibility index (Phi) is 5.25. The Bertz CT molecular complexity index is 449. The second-order valence-electron chi connectivity index (χ2n) is 6.31. The lowest BCUT2D eigenvalue weighted by molar-refractivity contribution is -0.253. The van der Waals surface area contributed by atoms with E-state index in [1.54, 1.807) is 0 Å². The van der Waals surface area contributed by atoms with Gasteiger partial charge in [0.1, 0.15) is 5.75 Å². The van der Waals surface area contributed by atoms with Crippen molar-refractivity contribution in [2.45, 2.75) is 58.6 Å². The van der Waals surface area contributed by atoms with E-state index in [4.69, 9.17) is 14.2 Å². The molecule has 1 atom stereocenters. The zero-order chi connectivity index (χ0) is 15.5. The summed E-state index contributed by atoms with van der Waals surface area (Å²) >= 11 is 0. The first-order valence-electron chi connectivity index (χ1n) is 7.67. The molecule has 0 aromatic heterocycles. The molecule has 4 heteroatoms. The van der Waals surface area contributed by atoms with E-state index in [1.807, 2.05) is 45.9 Å². The fourth-order valence-corrected chi connectivity index (χ4v) is 2.43. The summed E-state index contributed by atoms with van der Waals surface area (Å²) in [5.74, 6) is 0.463. The molecular weight excluding hydrogens is 266 g/mol. The Labute approximate surface area is 127 Å². The minimum atomic E-state index is -0.472. The van der Waals surface area contributed by atoms with Crippen molar-refractivity contribution in [2.75, 3.05) is 13.2 Å². The van der Waals surface area contributed by atoms with Crippen molar-refractivity contribution in [3.8, 4) is 5.75 Å². The third-order valence-electron chi connectivity index (χ3n) is 3.50. The maximum Gasteiger partial charge on any atom is 0.162 e. The monoisotopic (exact) mass is 293 g/mol. The quantitative estimate of drug-likeness (QED) is 0.904. The normalized spacial score (nSPS) is 20.5. The molecule has 1 fully saturated rings. The van der Waals surface area contributed by atoms with Crippen molar-refractivity contribution in [3.05, 3.63) is 29.8 Å². The van der Waals surface area contributed by atoms with E-state index < -0.39 is 5.79 Å². The van der Waals surface area contributed by atoms with Gasteiger partial charge in [0.2, 0.25) is 0 Å². The molecule has 1 heterocycles. The standard InChI is InChI=1S/C17H27NO3/c1-12(2)21-16-9-7-6-8-15(16)13(3)18-14-10-19-17(4,5)20-11-14/h6-9,12-14,18H,10-11H2,1-5H3. The van der Waals surface area contributed by atoms with E-state index in [0.717, 1.165) is 11.3 Å². The highest BCUT2D eigenvalue weighted by Crippen LogP contribution is 2.27. The fourth-order valence-electron chi connectivity index (χ4n) is 2.43. The van der Waals surface area contributed by atoms with Crippen LogP contribution >= 0.6 is 0 Å². The van der Waals surface area contributed by atoms with Crippen LogP contribution in [-0.4, -0.2) is 31.1 Å². The maximum absolute atomic E-state index is 5.89. The van der Waals surface area contributed by atoms with Gasteiger partial charge in [0.25, 0.3) is 0 Å². The lowest BCUT2D eigenvalue weighted by atomic mass is 10.1. The lowest BCUT2D eigenvalue weighted by Crippen LogP contribution is -2.49. The van der Waals surface area contributed by atoms with Gasteiger partial charge < -0.3 is 19.5 Å². The summed E-state index contributed by atoms with van der Waals surface area (Å²) in [5.41, 5.74) is 1.16. The van der Waals surface area contributed by atoms with Gasteiger partial charge in [0.15, 0.2) is 5.79 Å². The van der Waals surface area contributed by atoms with Crippen LogP contribution in [0.3, 0.4) is 0 Å². The molecule has 0 bridgehead atoms. The number of ether oxygens (including phenoxy) is 3. The smallest absolute Gasteiger partial charge is 0.162 e. The van der Waals surface area contributed by atoms with Crippen molar-refractivity contribution in [1.29, 1.82) is 0 Å². The Balaban J connectivity index is 1.99. The van der Waals surface area contributed by atoms with Crippen LogP contribution in [0.25, 0.3) is 0 Å². The summed E-state index contributed by atoms with van der Waals surface area (Å²) in [6.07, 6.45) is 0.167. The molecule has 0 radical (unpaired) electrons. The van der Waals surface area contributed by atoms with Crippen LogP contribution in [0.1, 0.15) is 46.2 Å². The van der Waals surface area contributed by atoms with Gasteiger partial charge in [0, 0.05) is 11.6 Å². The van der Waals surface area contributed by atoms with Gasteiger partial charge in [-0.15, -0.1) is 0 Å². The number of hydrogen-bond donors (Lipinski definition) is 1. The molecule has 1 aromatic carbocycles. The first-order chi connectivity index (χ1) is 9.87. The highest BCUT2D eigenvalue weighted by molar-refractivity contribution is 5.35. The van der Waals surface area contributed by atoms with E-state index in [9.17, 15) is 0 Å². The van der Waals surface area contributed by atoms with E-state index in [-0.39, 0.29) is 18.2 Å². The maximum atomic E-state index is 5.89. The molecule has 1 aliphatic heterocycles. The van der Waals surface area contributed by atoms with Crippen LogP contribution in [0.4, 0.5) is 0 Å². The van der Waals surface area contributed by atoms with Gasteiger partial charge in [-0.2, -0.15) is 0 Å². The number of hydrogen-bond acceptors (Lipinski definition) is 4. The molecule has 1 N–H and O–H groups in total. The minimum absolute atomic E-state index is 0.167. The van der Waals surface area contributed by atoms with Gasteiger partial charge in [-0.05, 0) is 40.7 Å². The SMILES string of the molecule is CC(C)Oc1ccccc1C(C)NC1COC(C)(C)OC1. The van der Waals surface area contributed by atoms with Crippen LogP contribution in [-0.2, 0) is 9.47 Å². The number of benzene rings is 1. The highest BCUT2D eigenvalue weighted by atomic mass is 16.7. The van der Waals surface area contributed by atoms with Crippen LogP contribution in [0.5, 0.6) is 5.75 Å². The van der Waals surface area contributed by atoms with E-state index in [2.05, 4.69) is 18.3 Å². The van der Waals surface area contributed by atoms with Crippen molar-refractivity contribution in [1.82, 2.24) is 5.32 Å². The Hall–Kier alpha value is -1.10. The molecule has 1 aliphatic rings. The molecule has 0 saturated carbocycles. The van der Waals surface area contributed by atoms with Gasteiger partial charge in [-0.25, -0.2) is 0 Å². The van der Waals surface area contributed by atoms with Gasteiger partial charge in [-0.1, -0.05) is 18.2 Å². The average molecular weight is 293 g/mol.